The lowest BCUT2D eigenvalue weighted by molar-refractivity contribution is -0.125. The van der Waals surface area contributed by atoms with E-state index in [1.165, 1.54) is 0 Å². The first-order valence-electron chi connectivity index (χ1n) is 11.3. The largest absolute Gasteiger partial charge is 0.497 e. The Hall–Kier alpha value is -3.26. The summed E-state index contributed by atoms with van der Waals surface area (Å²) in [6.45, 7) is 4.70. The Morgan fingerprint density at radius 1 is 1.03 bits per heavy atom. The van der Waals surface area contributed by atoms with Gasteiger partial charge >= 0.3 is 6.03 Å². The number of ether oxygens (including phenoxy) is 1. The number of rotatable bonds is 7. The summed E-state index contributed by atoms with van der Waals surface area (Å²) in [6.07, 6.45) is 1.17. The van der Waals surface area contributed by atoms with Crippen molar-refractivity contribution >= 4 is 35.1 Å². The second-order valence-corrected chi connectivity index (χ2v) is 9.04. The summed E-state index contributed by atoms with van der Waals surface area (Å²) in [7, 11) is 1.56. The Bertz CT molecular complexity index is 1000. The molecule has 3 rings (SSSR count). The highest BCUT2D eigenvalue weighted by Crippen LogP contribution is 2.23. The Morgan fingerprint density at radius 2 is 1.71 bits per heavy atom. The number of carbonyl (C=O) groups excluding carboxylic acids is 3. The zero-order valence-electron chi connectivity index (χ0n) is 19.6. The van der Waals surface area contributed by atoms with E-state index in [4.69, 9.17) is 16.3 Å². The SMILES string of the molecule is COc1ccc(C(=O)N[C@@H](C(=O)NC(C)C)C2CCN(C(=O)Nc3cccc(Cl)c3)CC2)cc1. The van der Waals surface area contributed by atoms with Crippen molar-refractivity contribution in [1.82, 2.24) is 15.5 Å². The van der Waals surface area contributed by atoms with E-state index < -0.39 is 6.04 Å². The molecule has 0 radical (unpaired) electrons. The van der Waals surface area contributed by atoms with Gasteiger partial charge in [-0.05, 0) is 75.1 Å². The molecule has 2 aromatic carbocycles. The van der Waals surface area contributed by atoms with Crippen LogP contribution in [0.3, 0.4) is 0 Å². The van der Waals surface area contributed by atoms with Gasteiger partial charge in [-0.25, -0.2) is 4.79 Å². The fourth-order valence-electron chi connectivity index (χ4n) is 3.94. The smallest absolute Gasteiger partial charge is 0.321 e. The standard InChI is InChI=1S/C25H31ClN4O4/c1-16(2)27-24(32)22(29-23(31)18-7-9-21(34-3)10-8-18)17-11-13-30(14-12-17)25(33)28-20-6-4-5-19(26)15-20/h4-10,15-17,22H,11-14H2,1-3H3,(H,27,32)(H,28,33)(H,29,31)/t22-/m1/s1. The summed E-state index contributed by atoms with van der Waals surface area (Å²) in [5.74, 6) is -0.00313. The highest BCUT2D eigenvalue weighted by atomic mass is 35.5. The molecular formula is C25H31ClN4O4. The number of nitrogens with zero attached hydrogens (tertiary/aromatic N) is 1. The molecule has 34 heavy (non-hydrogen) atoms. The minimum Gasteiger partial charge on any atom is -0.497 e. The first kappa shape index (κ1) is 25.4. The van der Waals surface area contributed by atoms with E-state index >= 15 is 0 Å². The highest BCUT2D eigenvalue weighted by Gasteiger charge is 2.34. The van der Waals surface area contributed by atoms with Crippen LogP contribution in [-0.4, -0.2) is 55.0 Å². The van der Waals surface area contributed by atoms with Crippen LogP contribution in [0.1, 0.15) is 37.0 Å². The monoisotopic (exact) mass is 486 g/mol. The number of benzene rings is 2. The van der Waals surface area contributed by atoms with Crippen LogP contribution in [0.25, 0.3) is 0 Å². The zero-order chi connectivity index (χ0) is 24.7. The van der Waals surface area contributed by atoms with Crippen LogP contribution in [-0.2, 0) is 4.79 Å². The van der Waals surface area contributed by atoms with E-state index in [2.05, 4.69) is 16.0 Å². The van der Waals surface area contributed by atoms with Gasteiger partial charge < -0.3 is 25.6 Å². The number of methoxy groups -OCH3 is 1. The molecule has 8 nitrogen and oxygen atoms in total. The third-order valence-electron chi connectivity index (χ3n) is 5.73. The molecule has 1 saturated heterocycles. The number of piperidine rings is 1. The van der Waals surface area contributed by atoms with Crippen molar-refractivity contribution in [1.29, 1.82) is 0 Å². The van der Waals surface area contributed by atoms with E-state index in [9.17, 15) is 14.4 Å². The summed E-state index contributed by atoms with van der Waals surface area (Å²) in [5.41, 5.74) is 1.07. The second-order valence-electron chi connectivity index (χ2n) is 8.61. The maximum absolute atomic E-state index is 13.0. The van der Waals surface area contributed by atoms with E-state index in [1.807, 2.05) is 13.8 Å². The molecular weight excluding hydrogens is 456 g/mol. The molecule has 9 heteroatoms. The summed E-state index contributed by atoms with van der Waals surface area (Å²) >= 11 is 5.99. The number of hydrogen-bond acceptors (Lipinski definition) is 4. The second kappa shape index (κ2) is 11.7. The van der Waals surface area contributed by atoms with Gasteiger partial charge in [0, 0.05) is 35.4 Å². The van der Waals surface area contributed by atoms with Gasteiger partial charge in [0.05, 0.1) is 7.11 Å². The Morgan fingerprint density at radius 3 is 2.29 bits per heavy atom. The van der Waals surface area contributed by atoms with Crippen molar-refractivity contribution in [3.63, 3.8) is 0 Å². The summed E-state index contributed by atoms with van der Waals surface area (Å²) < 4.78 is 5.14. The molecule has 0 saturated carbocycles. The molecule has 0 aliphatic carbocycles. The van der Waals surface area contributed by atoms with Gasteiger partial charge in [0.15, 0.2) is 0 Å². The molecule has 1 atom stereocenters. The molecule has 1 fully saturated rings. The molecule has 182 valence electrons. The van der Waals surface area contributed by atoms with Gasteiger partial charge in [-0.1, -0.05) is 17.7 Å². The molecule has 0 spiro atoms. The van der Waals surface area contributed by atoms with E-state index in [0.29, 0.717) is 48.0 Å². The van der Waals surface area contributed by atoms with Gasteiger partial charge in [-0.15, -0.1) is 0 Å². The van der Waals surface area contributed by atoms with E-state index in [-0.39, 0.29) is 29.8 Å². The fourth-order valence-corrected chi connectivity index (χ4v) is 4.13. The molecule has 0 unspecified atom stereocenters. The lowest BCUT2D eigenvalue weighted by Gasteiger charge is -2.36. The maximum atomic E-state index is 13.0. The Kier molecular flexibility index (Phi) is 8.76. The van der Waals surface area contributed by atoms with E-state index in [1.54, 1.807) is 60.5 Å². The average Bonchev–Trinajstić information content (AvgIpc) is 2.82. The lowest BCUT2D eigenvalue weighted by atomic mass is 9.88. The number of anilines is 1. The molecule has 0 aromatic heterocycles. The zero-order valence-corrected chi connectivity index (χ0v) is 20.4. The molecule has 1 aliphatic heterocycles. The first-order chi connectivity index (χ1) is 16.3. The molecule has 0 bridgehead atoms. The van der Waals surface area contributed by atoms with Crippen molar-refractivity contribution < 1.29 is 19.1 Å². The minimum absolute atomic E-state index is 0.0588. The van der Waals surface area contributed by atoms with Gasteiger partial charge in [0.25, 0.3) is 5.91 Å². The van der Waals surface area contributed by atoms with Gasteiger partial charge in [0.2, 0.25) is 5.91 Å². The third-order valence-corrected chi connectivity index (χ3v) is 5.96. The minimum atomic E-state index is -0.699. The number of halogens is 1. The third kappa shape index (κ3) is 6.87. The maximum Gasteiger partial charge on any atom is 0.321 e. The van der Waals surface area contributed by atoms with Crippen molar-refractivity contribution in [2.45, 2.75) is 38.8 Å². The lowest BCUT2D eigenvalue weighted by Crippen LogP contribution is -2.55. The van der Waals surface area contributed by atoms with Crippen LogP contribution < -0.4 is 20.7 Å². The summed E-state index contributed by atoms with van der Waals surface area (Å²) in [6, 6.07) is 12.7. The number of hydrogen-bond donors (Lipinski definition) is 3. The molecule has 1 heterocycles. The van der Waals surface area contributed by atoms with E-state index in [0.717, 1.165) is 0 Å². The van der Waals surface area contributed by atoms with Crippen LogP contribution in [0.5, 0.6) is 5.75 Å². The highest BCUT2D eigenvalue weighted by molar-refractivity contribution is 6.30. The number of likely N-dealkylation sites (tertiary alicyclic amines) is 1. The van der Waals surface area contributed by atoms with Crippen molar-refractivity contribution in [3.8, 4) is 5.75 Å². The predicted molar refractivity (Wildman–Crippen MR) is 132 cm³/mol. The molecule has 1 aliphatic rings. The van der Waals surface area contributed by atoms with Crippen LogP contribution in [0, 0.1) is 5.92 Å². The quantitative estimate of drug-likeness (QED) is 0.552. The summed E-state index contributed by atoms with van der Waals surface area (Å²) in [5, 5.41) is 9.21. The Balaban J connectivity index is 1.64. The average molecular weight is 487 g/mol. The van der Waals surface area contributed by atoms with Crippen molar-refractivity contribution in [3.05, 3.63) is 59.1 Å². The molecule has 4 amide bonds. The number of carbonyl (C=O) groups is 3. The number of amides is 4. The first-order valence-corrected chi connectivity index (χ1v) is 11.7. The number of nitrogens with one attached hydrogen (secondary N) is 3. The molecule has 3 N–H and O–H groups in total. The van der Waals surface area contributed by atoms with Crippen LogP contribution in [0.4, 0.5) is 10.5 Å². The van der Waals surface area contributed by atoms with Crippen molar-refractivity contribution in [2.24, 2.45) is 5.92 Å². The van der Waals surface area contributed by atoms with Crippen LogP contribution in [0.15, 0.2) is 48.5 Å². The van der Waals surface area contributed by atoms with Crippen molar-refractivity contribution in [2.75, 3.05) is 25.5 Å². The Labute approximate surface area is 205 Å². The topological polar surface area (TPSA) is 99.8 Å². The number of urea groups is 1. The van der Waals surface area contributed by atoms with Gasteiger partial charge in [-0.2, -0.15) is 0 Å². The normalized spacial score (nSPS) is 14.9. The van der Waals surface area contributed by atoms with Crippen LogP contribution in [0.2, 0.25) is 5.02 Å². The predicted octanol–water partition coefficient (Wildman–Crippen LogP) is 3.92. The summed E-state index contributed by atoms with van der Waals surface area (Å²) in [4.78, 5) is 40.2. The molecule has 2 aromatic rings. The van der Waals surface area contributed by atoms with Gasteiger partial charge in [-0.3, -0.25) is 9.59 Å². The van der Waals surface area contributed by atoms with Crippen LogP contribution >= 0.6 is 11.6 Å². The van der Waals surface area contributed by atoms with Gasteiger partial charge in [0.1, 0.15) is 11.8 Å². The fraction of sp³-hybridized carbons (Fsp3) is 0.400.